The Morgan fingerprint density at radius 3 is 1.72 bits per heavy atom. The van der Waals surface area contributed by atoms with Crippen LogP contribution in [0.2, 0.25) is 5.02 Å². The van der Waals surface area contributed by atoms with Crippen LogP contribution in [0.15, 0.2) is 97.1 Å². The zero-order chi connectivity index (χ0) is 57.8. The minimum Gasteiger partial charge on any atom is -0.508 e. The first kappa shape index (κ1) is 61.2. The molecule has 0 aliphatic carbocycles. The van der Waals surface area contributed by atoms with Crippen molar-refractivity contribution in [2.24, 2.45) is 17.2 Å². The number of aliphatic hydroxyl groups is 1. The summed E-state index contributed by atoms with van der Waals surface area (Å²) in [6.45, 7) is 0.639. The summed E-state index contributed by atoms with van der Waals surface area (Å²) < 4.78 is 0. The number of nitrogens with two attached hydrogens (primary N) is 3. The normalized spacial score (nSPS) is 20.6. The van der Waals surface area contributed by atoms with Crippen LogP contribution < -0.4 is 59.7 Å². The fourth-order valence-corrected chi connectivity index (χ4v) is 8.38. The van der Waals surface area contributed by atoms with Gasteiger partial charge < -0.3 is 75.1 Å². The van der Waals surface area contributed by atoms with Crippen LogP contribution in [0.4, 0.5) is 0 Å². The fraction of sp³-hybridized carbons (Fsp3) is 0.370. The van der Waals surface area contributed by atoms with E-state index in [9.17, 15) is 63.3 Å². The summed E-state index contributed by atoms with van der Waals surface area (Å²) >= 11 is 6.04. The van der Waals surface area contributed by atoms with Gasteiger partial charge in [-0.15, -0.1) is 0 Å². The predicted octanol–water partition coefficient (Wildman–Crippen LogP) is -1.58. The van der Waals surface area contributed by atoms with Gasteiger partial charge in [-0.1, -0.05) is 60.1 Å². The van der Waals surface area contributed by atoms with Gasteiger partial charge in [0.1, 0.15) is 53.8 Å². The zero-order valence-electron chi connectivity index (χ0n) is 43.2. The number of primary amides is 2. The molecule has 4 aromatic rings. The minimum atomic E-state index is -1.89. The van der Waals surface area contributed by atoms with Gasteiger partial charge in [-0.05, 0) is 110 Å². The summed E-state index contributed by atoms with van der Waals surface area (Å²) in [5.41, 5.74) is 19.0. The largest absolute Gasteiger partial charge is 0.508 e. The van der Waals surface area contributed by atoms with Crippen LogP contribution in [0.3, 0.4) is 0 Å². The molecule has 0 bridgehead atoms. The summed E-state index contributed by atoms with van der Waals surface area (Å²) in [7, 11) is 0. The Balaban J connectivity index is 1.58. The Bertz CT molecular complexity index is 2800. The Hall–Kier alpha value is -8.61. The molecule has 2 unspecified atom stereocenters. The van der Waals surface area contributed by atoms with E-state index in [2.05, 4.69) is 42.5 Å². The molecule has 0 saturated carbocycles. The Labute approximate surface area is 459 Å². The van der Waals surface area contributed by atoms with Crippen molar-refractivity contribution in [3.8, 4) is 11.5 Å². The van der Waals surface area contributed by atoms with E-state index in [0.29, 0.717) is 33.7 Å². The van der Waals surface area contributed by atoms with Gasteiger partial charge in [0.05, 0.1) is 12.5 Å². The minimum absolute atomic E-state index is 0.0873. The maximum absolute atomic E-state index is 14.7. The predicted molar refractivity (Wildman–Crippen MR) is 287 cm³/mol. The molecule has 422 valence electrons. The molecular formula is C54H66ClN11O13. The average Bonchev–Trinajstić information content (AvgIpc) is 3.41. The summed E-state index contributed by atoms with van der Waals surface area (Å²) in [6, 6.07) is 12.2. The number of hydrogen-bond acceptors (Lipinski definition) is 14. The monoisotopic (exact) mass is 1110 g/mol. The van der Waals surface area contributed by atoms with E-state index in [4.69, 9.17) is 28.8 Å². The number of amides is 10. The second kappa shape index (κ2) is 29.8. The van der Waals surface area contributed by atoms with Crippen LogP contribution in [0.5, 0.6) is 11.5 Å². The smallest absolute Gasteiger partial charge is 0.248 e. The number of hydrogen-bond donors (Lipinski definition) is 14. The van der Waals surface area contributed by atoms with Crippen LogP contribution in [0.1, 0.15) is 71.6 Å². The molecule has 1 heterocycles. The maximum atomic E-state index is 14.7. The second-order valence-corrected chi connectivity index (χ2v) is 19.4. The van der Waals surface area contributed by atoms with Gasteiger partial charge in [0.2, 0.25) is 59.1 Å². The lowest BCUT2D eigenvalue weighted by molar-refractivity contribution is -0.138. The third-order valence-electron chi connectivity index (χ3n) is 12.7. The highest BCUT2D eigenvalue weighted by molar-refractivity contribution is 6.30. The van der Waals surface area contributed by atoms with Crippen LogP contribution in [-0.4, -0.2) is 136 Å². The first-order chi connectivity index (χ1) is 37.6. The molecule has 1 aliphatic heterocycles. The van der Waals surface area contributed by atoms with Gasteiger partial charge in [0.25, 0.3) is 0 Å². The Morgan fingerprint density at radius 1 is 0.658 bits per heavy atom. The maximum Gasteiger partial charge on any atom is 0.248 e. The highest BCUT2D eigenvalue weighted by Crippen LogP contribution is 2.16. The van der Waals surface area contributed by atoms with Crippen molar-refractivity contribution in [2.45, 2.75) is 113 Å². The van der Waals surface area contributed by atoms with E-state index < -0.39 is 120 Å². The molecular weight excluding hydrogens is 1050 g/mol. The van der Waals surface area contributed by atoms with E-state index in [0.717, 1.165) is 6.92 Å². The van der Waals surface area contributed by atoms with Crippen LogP contribution in [0.25, 0.3) is 0 Å². The standard InChI is InChI=1S/C54H66ClN11O13/c1-29(67)46-54(79)65-42(52(77)62-39(48(58)73)24-32-9-18-36(68)19-10-32)27-45(71)59-28-43(60-44(70)22-13-30-7-16-35(55)17-8-30)53(78)64-41(26-33-11-20-37(69)21-12-33)51(76)63-40(25-31-5-14-34(15-6-31)47(57)72)50(75)61-38(49(74)66-46)4-2-3-23-56/h5-12,14-21,29,38-43,46,67-69H,2-4,13,22-28,56H2,1H3,(H2,57,72)(H2,58,73)(H,59,71)(H,60,70)(H,61,75)(H,62,77)(H,63,76)(H,64,78)(H,65,79)(H,66,74)/t29?,38-,39+,40+,41-,42-,43+,46?/m0/s1. The molecule has 17 N–H and O–H groups in total. The van der Waals surface area contributed by atoms with E-state index in [1.165, 1.54) is 72.8 Å². The van der Waals surface area contributed by atoms with Crippen molar-refractivity contribution < 1.29 is 63.3 Å². The van der Waals surface area contributed by atoms with Crippen molar-refractivity contribution in [3.63, 3.8) is 0 Å². The van der Waals surface area contributed by atoms with E-state index in [1.807, 2.05) is 0 Å². The van der Waals surface area contributed by atoms with Crippen LogP contribution in [0, 0.1) is 0 Å². The number of benzene rings is 4. The highest BCUT2D eigenvalue weighted by atomic mass is 35.5. The Morgan fingerprint density at radius 2 is 1.18 bits per heavy atom. The molecule has 0 spiro atoms. The van der Waals surface area contributed by atoms with Crippen molar-refractivity contribution in [2.75, 3.05) is 13.1 Å². The molecule has 24 nitrogen and oxygen atoms in total. The van der Waals surface area contributed by atoms with Crippen LogP contribution in [-0.2, 0) is 68.8 Å². The molecule has 79 heavy (non-hydrogen) atoms. The summed E-state index contributed by atoms with van der Waals surface area (Å²) in [5, 5.41) is 51.5. The lowest BCUT2D eigenvalue weighted by Gasteiger charge is -2.29. The number of aryl methyl sites for hydroxylation is 1. The molecule has 1 aliphatic rings. The number of rotatable bonds is 19. The third-order valence-corrected chi connectivity index (χ3v) is 13.0. The van der Waals surface area contributed by atoms with E-state index in [-0.39, 0.29) is 68.6 Å². The summed E-state index contributed by atoms with van der Waals surface area (Å²) in [5.74, 6) is -9.92. The number of nitrogens with one attached hydrogen (secondary N) is 8. The highest BCUT2D eigenvalue weighted by Gasteiger charge is 2.37. The Kier molecular flexibility index (Phi) is 23.1. The number of carbonyl (C=O) groups excluding carboxylic acids is 10. The first-order valence-electron chi connectivity index (χ1n) is 25.3. The number of unbranched alkanes of at least 4 members (excludes halogenated alkanes) is 1. The van der Waals surface area contributed by atoms with Gasteiger partial charge in [-0.2, -0.15) is 0 Å². The number of halogens is 1. The fourth-order valence-electron chi connectivity index (χ4n) is 8.26. The van der Waals surface area contributed by atoms with Gasteiger partial charge in [-0.25, -0.2) is 0 Å². The van der Waals surface area contributed by atoms with Gasteiger partial charge >= 0.3 is 0 Å². The SMILES string of the molecule is CC(O)C1NC(=O)[C@H](CCCCN)NC(=O)[C@@H](Cc2ccc(C(N)=O)cc2)NC(=O)[C@H](Cc2ccc(O)cc2)NC(=O)[C@H](NC(=O)CCc2ccc(Cl)cc2)CNC(=O)C[C@@H](C(=O)N[C@H](Cc2ccc(O)cc2)C(N)=O)NC1=O. The van der Waals surface area contributed by atoms with Gasteiger partial charge in [-0.3, -0.25) is 47.9 Å². The lowest BCUT2D eigenvalue weighted by Crippen LogP contribution is -2.63. The third kappa shape index (κ3) is 19.7. The molecule has 10 amide bonds. The zero-order valence-corrected chi connectivity index (χ0v) is 43.9. The second-order valence-electron chi connectivity index (χ2n) is 19.0. The summed E-state index contributed by atoms with van der Waals surface area (Å²) in [6.07, 6.45) is -2.86. The summed E-state index contributed by atoms with van der Waals surface area (Å²) in [4.78, 5) is 139. The topological polar surface area (TPSA) is 406 Å². The van der Waals surface area contributed by atoms with E-state index >= 15 is 0 Å². The molecule has 5 rings (SSSR count). The quantitative estimate of drug-likeness (QED) is 0.0472. The van der Waals surface area contributed by atoms with E-state index in [1.54, 1.807) is 24.3 Å². The molecule has 8 atom stereocenters. The number of phenols is 2. The molecule has 1 fully saturated rings. The molecule has 25 heteroatoms. The van der Waals surface area contributed by atoms with Crippen molar-refractivity contribution in [1.29, 1.82) is 0 Å². The number of carbonyl (C=O) groups is 10. The van der Waals surface area contributed by atoms with Crippen molar-refractivity contribution in [1.82, 2.24) is 42.5 Å². The van der Waals surface area contributed by atoms with Crippen molar-refractivity contribution in [3.05, 3.63) is 130 Å². The average molecular weight is 1110 g/mol. The first-order valence-corrected chi connectivity index (χ1v) is 25.7. The van der Waals surface area contributed by atoms with Crippen molar-refractivity contribution >= 4 is 70.7 Å². The van der Waals surface area contributed by atoms with Gasteiger partial charge in [0, 0.05) is 42.8 Å². The molecule has 1 saturated heterocycles. The number of aromatic hydroxyl groups is 2. The number of aliphatic hydroxyl groups excluding tert-OH is 1. The lowest BCUT2D eigenvalue weighted by atomic mass is 10.00. The molecule has 0 radical (unpaired) electrons. The molecule has 0 aromatic heterocycles. The van der Waals surface area contributed by atoms with Crippen LogP contribution >= 0.6 is 11.6 Å². The van der Waals surface area contributed by atoms with Gasteiger partial charge in [0.15, 0.2) is 0 Å². The number of phenolic OH excluding ortho intramolecular Hbond substituents is 2. The molecule has 4 aromatic carbocycles.